The number of nitrogens with one attached hydrogen (secondary N) is 1. The Balaban J connectivity index is 1.82. The summed E-state index contributed by atoms with van der Waals surface area (Å²) in [5.74, 6) is -3.63. The van der Waals surface area contributed by atoms with E-state index in [0.29, 0.717) is 23.3 Å². The number of ketones is 1. The standard InChI is InChI=1S/C24H22FNO4/c1-2-30-24(29)22-17(14-7-4-3-5-8-14)12-19-21(23(22)28)18(13-20(27)26-19)15-9-6-10-16(25)11-15/h3-11,17-18,22H,2,12-13H2,1H3,(H,26,27)/t17-,18+,22-/m1/s1. The summed E-state index contributed by atoms with van der Waals surface area (Å²) in [6, 6.07) is 15.2. The molecule has 30 heavy (non-hydrogen) atoms. The molecule has 0 saturated carbocycles. The average molecular weight is 407 g/mol. The van der Waals surface area contributed by atoms with Gasteiger partial charge < -0.3 is 10.1 Å². The van der Waals surface area contributed by atoms with Crippen molar-refractivity contribution in [2.24, 2.45) is 5.92 Å². The molecule has 4 rings (SSSR count). The van der Waals surface area contributed by atoms with Gasteiger partial charge in [0.1, 0.15) is 11.7 Å². The number of esters is 1. The van der Waals surface area contributed by atoms with Crippen LogP contribution >= 0.6 is 0 Å². The van der Waals surface area contributed by atoms with Gasteiger partial charge in [-0.1, -0.05) is 42.5 Å². The van der Waals surface area contributed by atoms with E-state index in [1.54, 1.807) is 19.1 Å². The largest absolute Gasteiger partial charge is 0.465 e. The second-order valence-electron chi connectivity index (χ2n) is 7.57. The van der Waals surface area contributed by atoms with Crippen LogP contribution in [0, 0.1) is 11.7 Å². The van der Waals surface area contributed by atoms with Crippen LogP contribution in [0.15, 0.2) is 65.9 Å². The van der Waals surface area contributed by atoms with E-state index in [1.807, 2.05) is 30.3 Å². The quantitative estimate of drug-likeness (QED) is 0.621. The highest BCUT2D eigenvalue weighted by atomic mass is 19.1. The minimum Gasteiger partial charge on any atom is -0.465 e. The van der Waals surface area contributed by atoms with Gasteiger partial charge in [0.25, 0.3) is 0 Å². The van der Waals surface area contributed by atoms with Gasteiger partial charge in [-0.3, -0.25) is 14.4 Å². The first-order chi connectivity index (χ1) is 14.5. The highest BCUT2D eigenvalue weighted by molar-refractivity contribution is 6.12. The minimum absolute atomic E-state index is 0.0274. The molecule has 2 aliphatic rings. The van der Waals surface area contributed by atoms with Crippen LogP contribution in [0.4, 0.5) is 4.39 Å². The van der Waals surface area contributed by atoms with Crippen LogP contribution in [0.25, 0.3) is 0 Å². The van der Waals surface area contributed by atoms with Gasteiger partial charge in [-0.05, 0) is 36.6 Å². The van der Waals surface area contributed by atoms with Gasteiger partial charge in [0.2, 0.25) is 5.91 Å². The Morgan fingerprint density at radius 3 is 2.50 bits per heavy atom. The predicted molar refractivity (Wildman–Crippen MR) is 108 cm³/mol. The number of allylic oxidation sites excluding steroid dienone is 2. The normalized spacial score (nSPS) is 23.6. The Labute approximate surface area is 173 Å². The molecule has 1 N–H and O–H groups in total. The van der Waals surface area contributed by atoms with Crippen molar-refractivity contribution >= 4 is 17.7 Å². The molecule has 0 saturated heterocycles. The highest BCUT2D eigenvalue weighted by Gasteiger charge is 2.47. The maximum Gasteiger partial charge on any atom is 0.317 e. The number of carbonyl (C=O) groups is 3. The van der Waals surface area contributed by atoms with E-state index in [4.69, 9.17) is 4.74 Å². The van der Waals surface area contributed by atoms with Gasteiger partial charge in [0.05, 0.1) is 6.61 Å². The van der Waals surface area contributed by atoms with Crippen molar-refractivity contribution in [2.45, 2.75) is 31.6 Å². The number of rotatable bonds is 4. The molecule has 154 valence electrons. The molecule has 0 aromatic heterocycles. The van der Waals surface area contributed by atoms with Crippen molar-refractivity contribution in [3.8, 4) is 0 Å². The Morgan fingerprint density at radius 1 is 1.07 bits per heavy atom. The molecule has 0 bridgehead atoms. The summed E-state index contributed by atoms with van der Waals surface area (Å²) in [4.78, 5) is 38.9. The fraction of sp³-hybridized carbons (Fsp3) is 0.292. The highest BCUT2D eigenvalue weighted by Crippen LogP contribution is 2.45. The monoisotopic (exact) mass is 407 g/mol. The topological polar surface area (TPSA) is 72.5 Å². The van der Waals surface area contributed by atoms with E-state index in [2.05, 4.69) is 5.32 Å². The van der Waals surface area contributed by atoms with Gasteiger partial charge in [-0.2, -0.15) is 0 Å². The predicted octanol–water partition coefficient (Wildman–Crippen LogP) is 3.62. The third-order valence-corrected chi connectivity index (χ3v) is 5.75. The number of Topliss-reactive ketones (excluding diaryl/α,β-unsaturated/α-hetero) is 1. The van der Waals surface area contributed by atoms with Crippen LogP contribution in [0.3, 0.4) is 0 Å². The molecule has 3 atom stereocenters. The second kappa shape index (κ2) is 8.22. The molecule has 5 nitrogen and oxygen atoms in total. The Kier molecular flexibility index (Phi) is 5.48. The lowest BCUT2D eigenvalue weighted by Gasteiger charge is -2.38. The summed E-state index contributed by atoms with van der Waals surface area (Å²) >= 11 is 0. The van der Waals surface area contributed by atoms with Crippen molar-refractivity contribution in [1.29, 1.82) is 0 Å². The summed E-state index contributed by atoms with van der Waals surface area (Å²) in [6.45, 7) is 1.86. The zero-order valence-electron chi connectivity index (χ0n) is 16.6. The van der Waals surface area contributed by atoms with E-state index < -0.39 is 29.5 Å². The molecule has 0 spiro atoms. The molecule has 6 heteroatoms. The zero-order valence-corrected chi connectivity index (χ0v) is 16.6. The van der Waals surface area contributed by atoms with Crippen molar-refractivity contribution in [3.05, 3.63) is 82.8 Å². The van der Waals surface area contributed by atoms with Crippen LogP contribution in [-0.2, 0) is 19.1 Å². The van der Waals surface area contributed by atoms with Crippen LogP contribution in [0.5, 0.6) is 0 Å². The first-order valence-corrected chi connectivity index (χ1v) is 10.0. The van der Waals surface area contributed by atoms with Crippen molar-refractivity contribution in [3.63, 3.8) is 0 Å². The molecule has 1 amide bonds. The number of carbonyl (C=O) groups excluding carboxylic acids is 3. The number of amides is 1. The van der Waals surface area contributed by atoms with Gasteiger partial charge in [0, 0.05) is 29.5 Å². The SMILES string of the molecule is CCOC(=O)[C@H]1C(=O)C2=C(C[C@@H]1c1ccccc1)NC(=O)C[C@H]2c1cccc(F)c1. The van der Waals surface area contributed by atoms with Gasteiger partial charge in [0.15, 0.2) is 5.78 Å². The third kappa shape index (κ3) is 3.65. The van der Waals surface area contributed by atoms with Crippen molar-refractivity contribution in [1.82, 2.24) is 5.32 Å². The van der Waals surface area contributed by atoms with Gasteiger partial charge >= 0.3 is 5.97 Å². The fourth-order valence-electron chi connectivity index (χ4n) is 4.48. The van der Waals surface area contributed by atoms with Crippen LogP contribution in [0.1, 0.15) is 42.7 Å². The van der Waals surface area contributed by atoms with Crippen LogP contribution in [0.2, 0.25) is 0 Å². The summed E-state index contributed by atoms with van der Waals surface area (Å²) < 4.78 is 19.1. The Bertz CT molecular complexity index is 1030. The maximum atomic E-state index is 13.9. The summed E-state index contributed by atoms with van der Waals surface area (Å²) in [6.07, 6.45) is 0.353. The molecular formula is C24H22FNO4. The third-order valence-electron chi connectivity index (χ3n) is 5.75. The molecule has 2 aromatic carbocycles. The first kappa shape index (κ1) is 20.0. The Hall–Kier alpha value is -3.28. The van der Waals surface area contributed by atoms with Crippen molar-refractivity contribution in [2.75, 3.05) is 6.61 Å². The van der Waals surface area contributed by atoms with Crippen LogP contribution in [-0.4, -0.2) is 24.3 Å². The summed E-state index contributed by atoms with van der Waals surface area (Å²) in [5, 5.41) is 2.83. The van der Waals surface area contributed by atoms with Gasteiger partial charge in [-0.25, -0.2) is 4.39 Å². The van der Waals surface area contributed by atoms with Crippen LogP contribution < -0.4 is 5.32 Å². The molecule has 1 aliphatic carbocycles. The number of hydrogen-bond acceptors (Lipinski definition) is 4. The molecule has 0 unspecified atom stereocenters. The van der Waals surface area contributed by atoms with Crippen molar-refractivity contribution < 1.29 is 23.5 Å². The van der Waals surface area contributed by atoms with E-state index in [1.165, 1.54) is 12.1 Å². The molecule has 0 fully saturated rings. The van der Waals surface area contributed by atoms with E-state index in [-0.39, 0.29) is 24.7 Å². The fourth-order valence-corrected chi connectivity index (χ4v) is 4.48. The lowest BCUT2D eigenvalue weighted by atomic mass is 9.68. The average Bonchev–Trinajstić information content (AvgIpc) is 2.73. The molecule has 1 heterocycles. The van der Waals surface area contributed by atoms with E-state index >= 15 is 0 Å². The summed E-state index contributed by atoms with van der Waals surface area (Å²) in [7, 11) is 0. The lowest BCUT2D eigenvalue weighted by molar-refractivity contribution is -0.152. The first-order valence-electron chi connectivity index (χ1n) is 10.0. The van der Waals surface area contributed by atoms with E-state index in [0.717, 1.165) is 5.56 Å². The number of halogens is 1. The number of benzene rings is 2. The minimum atomic E-state index is -1.00. The number of hydrogen-bond donors (Lipinski definition) is 1. The number of ether oxygens (including phenoxy) is 1. The molecule has 2 aromatic rings. The molecule has 1 aliphatic heterocycles. The zero-order chi connectivity index (χ0) is 21.3. The smallest absolute Gasteiger partial charge is 0.317 e. The Morgan fingerprint density at radius 2 is 1.80 bits per heavy atom. The maximum absolute atomic E-state index is 13.9. The van der Waals surface area contributed by atoms with Gasteiger partial charge in [-0.15, -0.1) is 0 Å². The lowest BCUT2D eigenvalue weighted by Crippen LogP contribution is -2.44. The molecular weight excluding hydrogens is 385 g/mol. The summed E-state index contributed by atoms with van der Waals surface area (Å²) in [5.41, 5.74) is 2.27. The molecule has 0 radical (unpaired) electrons. The van der Waals surface area contributed by atoms with E-state index in [9.17, 15) is 18.8 Å². The second-order valence-corrected chi connectivity index (χ2v) is 7.57.